The molecular formula is C21H31N5O2. The van der Waals surface area contributed by atoms with Gasteiger partial charge in [0.2, 0.25) is 5.91 Å². The van der Waals surface area contributed by atoms with Gasteiger partial charge in [0, 0.05) is 69.3 Å². The van der Waals surface area contributed by atoms with Crippen molar-refractivity contribution in [2.45, 2.75) is 44.6 Å². The van der Waals surface area contributed by atoms with Crippen LogP contribution in [0.4, 0.5) is 10.5 Å². The molecule has 1 aliphatic carbocycles. The standard InChI is InChI=1S/C21H31N5O2/c27-20(17-3-1-2-4-17)25-11-7-18(8-12-25)23-21(28)26-15-13-24(14-16-26)19-5-9-22-10-6-19/h5-6,9-10,17-18H,1-4,7-8,11-16H2,(H,23,28). The average molecular weight is 386 g/mol. The molecule has 1 aromatic heterocycles. The van der Waals surface area contributed by atoms with Crippen molar-refractivity contribution in [1.82, 2.24) is 20.1 Å². The van der Waals surface area contributed by atoms with E-state index in [0.29, 0.717) is 5.91 Å². The fraction of sp³-hybridized carbons (Fsp3) is 0.667. The number of hydrogen-bond acceptors (Lipinski definition) is 4. The van der Waals surface area contributed by atoms with Crippen LogP contribution in [0, 0.1) is 5.92 Å². The minimum atomic E-state index is 0.0370. The first-order valence-electron chi connectivity index (χ1n) is 10.7. The maximum atomic E-state index is 12.6. The Balaban J connectivity index is 1.19. The van der Waals surface area contributed by atoms with E-state index in [9.17, 15) is 9.59 Å². The van der Waals surface area contributed by atoms with Crippen LogP contribution in [0.1, 0.15) is 38.5 Å². The molecule has 3 heterocycles. The summed E-state index contributed by atoms with van der Waals surface area (Å²) < 4.78 is 0. The number of carbonyl (C=O) groups excluding carboxylic acids is 2. The number of aromatic nitrogens is 1. The number of pyridine rings is 1. The van der Waals surface area contributed by atoms with Gasteiger partial charge in [-0.3, -0.25) is 9.78 Å². The third-order valence-electron chi connectivity index (χ3n) is 6.43. The van der Waals surface area contributed by atoms with Crippen LogP contribution >= 0.6 is 0 Å². The average Bonchev–Trinajstić information content (AvgIpc) is 3.29. The predicted octanol–water partition coefficient (Wildman–Crippen LogP) is 2.09. The van der Waals surface area contributed by atoms with Crippen molar-refractivity contribution in [1.29, 1.82) is 0 Å². The summed E-state index contributed by atoms with van der Waals surface area (Å²) in [5.41, 5.74) is 1.16. The van der Waals surface area contributed by atoms with Crippen LogP contribution in [0.15, 0.2) is 24.5 Å². The van der Waals surface area contributed by atoms with Crippen molar-refractivity contribution in [3.8, 4) is 0 Å². The summed E-state index contributed by atoms with van der Waals surface area (Å²) in [7, 11) is 0. The molecule has 3 amide bonds. The second-order valence-electron chi connectivity index (χ2n) is 8.21. The Morgan fingerprint density at radius 3 is 2.14 bits per heavy atom. The molecular weight excluding hydrogens is 354 g/mol. The number of piperidine rings is 1. The zero-order chi connectivity index (χ0) is 19.3. The Hall–Kier alpha value is -2.31. The van der Waals surface area contributed by atoms with Crippen LogP contribution in [0.3, 0.4) is 0 Å². The van der Waals surface area contributed by atoms with Crippen molar-refractivity contribution in [3.05, 3.63) is 24.5 Å². The van der Waals surface area contributed by atoms with E-state index < -0.39 is 0 Å². The lowest BCUT2D eigenvalue weighted by atomic mass is 10.0. The van der Waals surface area contributed by atoms with E-state index in [1.54, 1.807) is 12.4 Å². The molecule has 3 fully saturated rings. The van der Waals surface area contributed by atoms with Crippen LogP contribution in [0.2, 0.25) is 0 Å². The maximum absolute atomic E-state index is 12.6. The lowest BCUT2D eigenvalue weighted by Crippen LogP contribution is -2.55. The highest BCUT2D eigenvalue weighted by Gasteiger charge is 2.31. The number of amides is 3. The minimum Gasteiger partial charge on any atom is -0.368 e. The van der Waals surface area contributed by atoms with E-state index in [-0.39, 0.29) is 18.0 Å². The number of carbonyl (C=O) groups is 2. The molecule has 152 valence electrons. The maximum Gasteiger partial charge on any atom is 0.317 e. The lowest BCUT2D eigenvalue weighted by Gasteiger charge is -2.38. The number of urea groups is 1. The Morgan fingerprint density at radius 2 is 1.50 bits per heavy atom. The summed E-state index contributed by atoms with van der Waals surface area (Å²) in [6, 6.07) is 4.24. The number of hydrogen-bond donors (Lipinski definition) is 1. The number of nitrogens with one attached hydrogen (secondary N) is 1. The van der Waals surface area contributed by atoms with E-state index in [1.807, 2.05) is 21.9 Å². The minimum absolute atomic E-state index is 0.0370. The molecule has 7 heteroatoms. The van der Waals surface area contributed by atoms with Crippen LogP contribution in [0.25, 0.3) is 0 Å². The molecule has 0 radical (unpaired) electrons. The smallest absolute Gasteiger partial charge is 0.317 e. The molecule has 3 aliphatic rings. The Bertz CT molecular complexity index is 661. The third kappa shape index (κ3) is 4.39. The normalized spacial score (nSPS) is 21.8. The van der Waals surface area contributed by atoms with E-state index in [0.717, 1.165) is 70.6 Å². The Morgan fingerprint density at radius 1 is 0.857 bits per heavy atom. The second kappa shape index (κ2) is 8.80. The third-order valence-corrected chi connectivity index (χ3v) is 6.43. The van der Waals surface area contributed by atoms with E-state index in [2.05, 4.69) is 15.2 Å². The van der Waals surface area contributed by atoms with Gasteiger partial charge in [0.25, 0.3) is 0 Å². The molecule has 2 aliphatic heterocycles. The molecule has 1 aromatic rings. The predicted molar refractivity (Wildman–Crippen MR) is 108 cm³/mol. The Labute approximate surface area is 167 Å². The van der Waals surface area contributed by atoms with E-state index >= 15 is 0 Å². The van der Waals surface area contributed by atoms with Gasteiger partial charge < -0.3 is 20.0 Å². The molecule has 0 spiro atoms. The lowest BCUT2D eigenvalue weighted by molar-refractivity contribution is -0.136. The highest BCUT2D eigenvalue weighted by atomic mass is 16.2. The monoisotopic (exact) mass is 385 g/mol. The fourth-order valence-corrected chi connectivity index (χ4v) is 4.66. The highest BCUT2D eigenvalue weighted by Crippen LogP contribution is 2.27. The van der Waals surface area contributed by atoms with Crippen LogP contribution in [-0.2, 0) is 4.79 Å². The van der Waals surface area contributed by atoms with Crippen molar-refractivity contribution in [2.75, 3.05) is 44.2 Å². The fourth-order valence-electron chi connectivity index (χ4n) is 4.66. The molecule has 0 atom stereocenters. The summed E-state index contributed by atoms with van der Waals surface area (Å²) >= 11 is 0. The topological polar surface area (TPSA) is 68.8 Å². The van der Waals surface area contributed by atoms with Gasteiger partial charge in [0.15, 0.2) is 0 Å². The van der Waals surface area contributed by atoms with E-state index in [1.165, 1.54) is 12.8 Å². The molecule has 28 heavy (non-hydrogen) atoms. The zero-order valence-corrected chi connectivity index (χ0v) is 16.6. The van der Waals surface area contributed by atoms with Crippen molar-refractivity contribution in [3.63, 3.8) is 0 Å². The summed E-state index contributed by atoms with van der Waals surface area (Å²) in [4.78, 5) is 35.5. The molecule has 2 saturated heterocycles. The van der Waals surface area contributed by atoms with Crippen LogP contribution in [0.5, 0.6) is 0 Å². The van der Waals surface area contributed by atoms with Gasteiger partial charge >= 0.3 is 6.03 Å². The van der Waals surface area contributed by atoms with Gasteiger partial charge in [-0.15, -0.1) is 0 Å². The first-order chi connectivity index (χ1) is 13.7. The van der Waals surface area contributed by atoms with Gasteiger partial charge in [0.1, 0.15) is 0 Å². The van der Waals surface area contributed by atoms with Gasteiger partial charge in [-0.25, -0.2) is 4.79 Å². The van der Waals surface area contributed by atoms with Gasteiger partial charge in [0.05, 0.1) is 0 Å². The number of nitrogens with zero attached hydrogens (tertiary/aromatic N) is 4. The number of anilines is 1. The zero-order valence-electron chi connectivity index (χ0n) is 16.6. The molecule has 0 unspecified atom stereocenters. The van der Waals surface area contributed by atoms with Gasteiger partial charge in [-0.2, -0.15) is 0 Å². The quantitative estimate of drug-likeness (QED) is 0.865. The van der Waals surface area contributed by atoms with Crippen molar-refractivity contribution >= 4 is 17.6 Å². The van der Waals surface area contributed by atoms with Crippen LogP contribution < -0.4 is 10.2 Å². The molecule has 0 bridgehead atoms. The summed E-state index contributed by atoms with van der Waals surface area (Å²) in [5, 5.41) is 3.19. The number of rotatable bonds is 3. The first kappa shape index (κ1) is 19.0. The van der Waals surface area contributed by atoms with Crippen molar-refractivity contribution in [2.24, 2.45) is 5.92 Å². The molecule has 1 N–H and O–H groups in total. The number of likely N-dealkylation sites (tertiary alicyclic amines) is 1. The second-order valence-corrected chi connectivity index (χ2v) is 8.21. The molecule has 1 saturated carbocycles. The number of piperazine rings is 1. The van der Waals surface area contributed by atoms with Crippen LogP contribution in [-0.4, -0.2) is 72.0 Å². The van der Waals surface area contributed by atoms with Gasteiger partial charge in [-0.1, -0.05) is 12.8 Å². The molecule has 4 rings (SSSR count). The molecule has 7 nitrogen and oxygen atoms in total. The van der Waals surface area contributed by atoms with E-state index in [4.69, 9.17) is 0 Å². The van der Waals surface area contributed by atoms with Crippen molar-refractivity contribution < 1.29 is 9.59 Å². The highest BCUT2D eigenvalue weighted by molar-refractivity contribution is 5.79. The summed E-state index contributed by atoms with van der Waals surface area (Å²) in [6.45, 7) is 4.68. The first-order valence-corrected chi connectivity index (χ1v) is 10.7. The van der Waals surface area contributed by atoms with Gasteiger partial charge in [-0.05, 0) is 37.8 Å². The molecule has 0 aromatic carbocycles. The Kier molecular flexibility index (Phi) is 5.98. The summed E-state index contributed by atoms with van der Waals surface area (Å²) in [5.74, 6) is 0.595. The SMILES string of the molecule is O=C(NC1CCN(C(=O)C2CCCC2)CC1)N1CCN(c2ccncc2)CC1. The largest absolute Gasteiger partial charge is 0.368 e. The summed E-state index contributed by atoms with van der Waals surface area (Å²) in [6.07, 6.45) is 9.83.